The normalized spacial score (nSPS) is 9.08. The van der Waals surface area contributed by atoms with E-state index >= 15 is 0 Å². The van der Waals surface area contributed by atoms with E-state index in [2.05, 4.69) is 0 Å². The molecular formula is C12H6N2O8SSr2. The van der Waals surface area contributed by atoms with Gasteiger partial charge in [-0.25, -0.2) is 0 Å². The summed E-state index contributed by atoms with van der Waals surface area (Å²) in [7, 11) is 0. The third kappa shape index (κ3) is 7.94. The molecule has 1 aromatic heterocycles. The van der Waals surface area contributed by atoms with E-state index in [9.17, 15) is 39.6 Å². The van der Waals surface area contributed by atoms with Crippen molar-refractivity contribution >= 4 is 131 Å². The van der Waals surface area contributed by atoms with Gasteiger partial charge in [0.25, 0.3) is 0 Å². The van der Waals surface area contributed by atoms with E-state index < -0.39 is 59.4 Å². The number of aromatic carboxylic acids is 1. The molecule has 0 aliphatic heterocycles. The molecule has 0 atom stereocenters. The van der Waals surface area contributed by atoms with Gasteiger partial charge >= 0.3 is 91.0 Å². The minimum Gasteiger partial charge on any atom is -0.550 e. The first-order valence-electron chi connectivity index (χ1n) is 5.79. The molecule has 0 saturated heterocycles. The van der Waals surface area contributed by atoms with Crippen molar-refractivity contribution < 1.29 is 39.6 Å². The van der Waals surface area contributed by atoms with Crippen molar-refractivity contribution in [2.75, 3.05) is 18.0 Å². The van der Waals surface area contributed by atoms with Gasteiger partial charge in [-0.2, -0.15) is 5.26 Å². The summed E-state index contributed by atoms with van der Waals surface area (Å²) in [5, 5.41) is 51.9. The van der Waals surface area contributed by atoms with Crippen molar-refractivity contribution in [1.82, 2.24) is 0 Å². The first-order chi connectivity index (χ1) is 10.7. The second-order valence-electron chi connectivity index (χ2n) is 4.14. The van der Waals surface area contributed by atoms with E-state index in [4.69, 9.17) is 5.26 Å². The monoisotopic (exact) mass is 518 g/mol. The van der Waals surface area contributed by atoms with Crippen LogP contribution in [0.5, 0.6) is 0 Å². The van der Waals surface area contributed by atoms with Crippen molar-refractivity contribution in [3.05, 3.63) is 16.0 Å². The molecule has 122 valence electrons. The zero-order valence-corrected chi connectivity index (χ0v) is 20.4. The fourth-order valence-corrected chi connectivity index (χ4v) is 2.88. The first-order valence-corrected chi connectivity index (χ1v) is 6.60. The van der Waals surface area contributed by atoms with E-state index in [0.29, 0.717) is 16.2 Å². The van der Waals surface area contributed by atoms with Gasteiger partial charge in [-0.3, -0.25) is 0 Å². The van der Waals surface area contributed by atoms with Crippen LogP contribution in [0, 0.1) is 11.3 Å². The number of nitriles is 1. The molecular weight excluding hydrogens is 511 g/mol. The topological polar surface area (TPSA) is 188 Å². The van der Waals surface area contributed by atoms with Crippen molar-refractivity contribution in [3.63, 3.8) is 0 Å². The Morgan fingerprint density at radius 3 is 1.76 bits per heavy atom. The Balaban J connectivity index is 0. The zero-order valence-electron chi connectivity index (χ0n) is 12.6. The van der Waals surface area contributed by atoms with Gasteiger partial charge in [-0.05, 0) is 5.56 Å². The van der Waals surface area contributed by atoms with Crippen LogP contribution in [0.2, 0.25) is 0 Å². The Morgan fingerprint density at radius 2 is 1.44 bits per heavy atom. The third-order valence-corrected chi connectivity index (χ3v) is 3.81. The molecule has 1 aromatic rings. The molecule has 0 aromatic carbocycles. The van der Waals surface area contributed by atoms with Gasteiger partial charge in [0.15, 0.2) is 0 Å². The van der Waals surface area contributed by atoms with Crippen LogP contribution >= 0.6 is 11.3 Å². The number of carboxylic acid groups (broad SMARTS) is 4. The summed E-state index contributed by atoms with van der Waals surface area (Å²) in [4.78, 5) is 43.1. The van der Waals surface area contributed by atoms with Crippen LogP contribution in [0.1, 0.15) is 20.8 Å². The summed E-state index contributed by atoms with van der Waals surface area (Å²) in [6, 6.07) is 1.53. The number of carbonyl (C=O) groups is 4. The standard InChI is InChI=1S/C12H10N2O8S.2Sr/c13-2-6-5(1-7(15)16)10(12(21)22)23-11(6)14(3-8(17)18)4-9(19)20;;/h1,3-4H2,(H,15,16)(H,17,18)(H,19,20)(H,21,22);;/q;2*+2/p-4/i3+1,4+1,8+1,9+1;;. The SMILES string of the molecule is N#Cc1c(N([13CH2][13C](=O)[O-])[13CH2][13C](=O)[O-])sc(C(=O)[O-])c1CC(=O)[O-].[Sr+2].[Sr+2]. The largest absolute Gasteiger partial charge is 2.00 e. The van der Waals surface area contributed by atoms with Crippen LogP contribution in [0.4, 0.5) is 5.00 Å². The molecule has 0 aliphatic carbocycles. The van der Waals surface area contributed by atoms with Gasteiger partial charge in [-0.1, -0.05) is 0 Å². The fourth-order valence-electron chi connectivity index (χ4n) is 1.78. The van der Waals surface area contributed by atoms with Crippen molar-refractivity contribution in [2.45, 2.75) is 6.42 Å². The van der Waals surface area contributed by atoms with Crippen LogP contribution in [0.25, 0.3) is 0 Å². The zero-order chi connectivity index (χ0) is 17.7. The predicted octanol–water partition coefficient (Wildman–Crippen LogP) is -6.18. The summed E-state index contributed by atoms with van der Waals surface area (Å²) in [6.45, 7) is -1.94. The van der Waals surface area contributed by atoms with E-state index in [0.717, 1.165) is 0 Å². The van der Waals surface area contributed by atoms with Crippen molar-refractivity contribution in [2.24, 2.45) is 0 Å². The molecule has 0 N–H and O–H groups in total. The Kier molecular flexibility index (Phi) is 13.3. The maximum atomic E-state index is 11.1. The van der Waals surface area contributed by atoms with Gasteiger partial charge in [0.2, 0.25) is 0 Å². The van der Waals surface area contributed by atoms with Crippen molar-refractivity contribution in [3.8, 4) is 6.07 Å². The number of hydrogen-bond acceptors (Lipinski definition) is 11. The molecule has 25 heavy (non-hydrogen) atoms. The maximum absolute atomic E-state index is 11.1. The predicted molar refractivity (Wildman–Crippen MR) is 75.8 cm³/mol. The summed E-state index contributed by atoms with van der Waals surface area (Å²) in [5.41, 5.74) is -0.935. The number of hydrogen-bond donors (Lipinski definition) is 0. The van der Waals surface area contributed by atoms with Gasteiger partial charge < -0.3 is 44.5 Å². The van der Waals surface area contributed by atoms with E-state index in [1.807, 2.05) is 0 Å². The molecule has 13 heteroatoms. The number of thiophene rings is 1. The molecule has 0 spiro atoms. The molecule has 1 heterocycles. The summed E-state index contributed by atoms with van der Waals surface area (Å²) in [6.07, 6.45) is -0.937. The maximum Gasteiger partial charge on any atom is 2.00 e. The van der Waals surface area contributed by atoms with Gasteiger partial charge in [0.1, 0.15) is 11.1 Å². The Bertz CT molecular complexity index is 711. The van der Waals surface area contributed by atoms with Gasteiger partial charge in [0, 0.05) is 12.4 Å². The minimum atomic E-state index is -1.80. The summed E-state index contributed by atoms with van der Waals surface area (Å²) >= 11 is 0.321. The van der Waals surface area contributed by atoms with Crippen LogP contribution in [0.3, 0.4) is 0 Å². The number of rotatable bonds is 8. The molecule has 10 nitrogen and oxygen atoms in total. The molecule has 0 bridgehead atoms. The number of nitrogens with zero attached hydrogens (tertiary/aromatic N) is 2. The molecule has 0 unspecified atom stereocenters. The molecule has 0 radical (unpaired) electrons. The van der Waals surface area contributed by atoms with E-state index in [-0.39, 0.29) is 96.0 Å². The smallest absolute Gasteiger partial charge is 0.550 e. The van der Waals surface area contributed by atoms with Crippen LogP contribution in [-0.2, 0) is 20.8 Å². The average molecular weight is 517 g/mol. The van der Waals surface area contributed by atoms with Gasteiger partial charge in [-0.15, -0.1) is 11.3 Å². The van der Waals surface area contributed by atoms with E-state index in [1.165, 1.54) is 6.07 Å². The second kappa shape index (κ2) is 12.3. The molecule has 1 rings (SSSR count). The quantitative estimate of drug-likeness (QED) is 0.237. The van der Waals surface area contributed by atoms with Crippen LogP contribution in [0.15, 0.2) is 0 Å². The van der Waals surface area contributed by atoms with Crippen LogP contribution < -0.4 is 25.3 Å². The summed E-state index contributed by atoms with van der Waals surface area (Å²) < 4.78 is 0. The molecule has 0 fully saturated rings. The Morgan fingerprint density at radius 1 is 0.960 bits per heavy atom. The average Bonchev–Trinajstić information content (AvgIpc) is 2.74. The first kappa shape index (κ1) is 27.1. The fraction of sp³-hybridized carbons (Fsp3) is 0.250. The summed E-state index contributed by atoms with van der Waals surface area (Å²) in [5.74, 6) is -6.87. The van der Waals surface area contributed by atoms with E-state index in [1.54, 1.807) is 0 Å². The number of anilines is 1. The minimum absolute atomic E-state index is 0. The molecule has 0 saturated carbocycles. The molecule has 0 aliphatic rings. The number of aliphatic carboxylic acids is 3. The molecule has 0 amide bonds. The van der Waals surface area contributed by atoms with Crippen LogP contribution in [-0.4, -0.2) is 128 Å². The van der Waals surface area contributed by atoms with Gasteiger partial charge in [0.05, 0.1) is 41.4 Å². The van der Waals surface area contributed by atoms with Crippen molar-refractivity contribution in [1.29, 1.82) is 5.26 Å². The Hall–Kier alpha value is -0.169. The second-order valence-corrected chi connectivity index (χ2v) is 5.14. The number of carboxylic acids is 4. The number of carbonyl (C=O) groups excluding carboxylic acids is 4. The third-order valence-electron chi connectivity index (χ3n) is 2.53. The Labute approximate surface area is 219 Å².